The van der Waals surface area contributed by atoms with E-state index in [4.69, 9.17) is 5.11 Å². The van der Waals surface area contributed by atoms with Gasteiger partial charge in [-0.3, -0.25) is 0 Å². The van der Waals surface area contributed by atoms with Gasteiger partial charge in [-0.15, -0.1) is 0 Å². The first-order valence-electron chi connectivity index (χ1n) is 4.00. The number of thiophene rings is 1. The number of aromatic amines is 1. The minimum atomic E-state index is -0.989. The van der Waals surface area contributed by atoms with Crippen LogP contribution in [0.2, 0.25) is 0 Å². The van der Waals surface area contributed by atoms with Crippen molar-refractivity contribution in [1.82, 2.24) is 9.97 Å². The number of carbonyl (C=O) groups is 1. The van der Waals surface area contributed by atoms with Crippen LogP contribution in [0.1, 0.15) is 16.1 Å². The lowest BCUT2D eigenvalue weighted by atomic mass is 10.2. The molecule has 0 saturated carbocycles. The Morgan fingerprint density at radius 1 is 1.57 bits per heavy atom. The SMILES string of the molecule is Cc1cscc1-c1ncc(C(=O)O)[nH]1. The Balaban J connectivity index is 2.43. The molecule has 14 heavy (non-hydrogen) atoms. The summed E-state index contributed by atoms with van der Waals surface area (Å²) in [5, 5.41) is 12.6. The van der Waals surface area contributed by atoms with Gasteiger partial charge < -0.3 is 10.1 Å². The summed E-state index contributed by atoms with van der Waals surface area (Å²) in [7, 11) is 0. The summed E-state index contributed by atoms with van der Waals surface area (Å²) < 4.78 is 0. The van der Waals surface area contributed by atoms with Crippen LogP contribution in [0, 0.1) is 6.92 Å². The van der Waals surface area contributed by atoms with E-state index in [1.54, 1.807) is 11.3 Å². The molecule has 4 nitrogen and oxygen atoms in total. The quantitative estimate of drug-likeness (QED) is 0.794. The van der Waals surface area contributed by atoms with E-state index in [-0.39, 0.29) is 5.69 Å². The minimum Gasteiger partial charge on any atom is -0.477 e. The molecule has 0 aliphatic carbocycles. The highest BCUT2D eigenvalue weighted by Crippen LogP contribution is 2.23. The number of aromatic nitrogens is 2. The van der Waals surface area contributed by atoms with Gasteiger partial charge in [-0.05, 0) is 17.9 Å². The fourth-order valence-corrected chi connectivity index (χ4v) is 2.00. The molecule has 2 rings (SSSR count). The van der Waals surface area contributed by atoms with Gasteiger partial charge in [0, 0.05) is 10.9 Å². The predicted octanol–water partition coefficient (Wildman–Crippen LogP) is 2.14. The average Bonchev–Trinajstić information content (AvgIpc) is 2.71. The third-order valence-corrected chi connectivity index (χ3v) is 2.78. The number of nitrogens with zero attached hydrogens (tertiary/aromatic N) is 1. The molecule has 0 fully saturated rings. The number of hydrogen-bond acceptors (Lipinski definition) is 3. The fraction of sp³-hybridized carbons (Fsp3) is 0.111. The highest BCUT2D eigenvalue weighted by Gasteiger charge is 2.10. The number of rotatable bonds is 2. The van der Waals surface area contributed by atoms with Crippen molar-refractivity contribution in [2.24, 2.45) is 0 Å². The van der Waals surface area contributed by atoms with Crippen molar-refractivity contribution in [2.75, 3.05) is 0 Å². The molecule has 0 aliphatic rings. The highest BCUT2D eigenvalue weighted by atomic mass is 32.1. The van der Waals surface area contributed by atoms with Gasteiger partial charge in [-0.1, -0.05) is 0 Å². The molecule has 2 aromatic rings. The molecule has 0 saturated heterocycles. The third kappa shape index (κ3) is 1.42. The van der Waals surface area contributed by atoms with E-state index in [9.17, 15) is 4.79 Å². The second-order valence-corrected chi connectivity index (χ2v) is 3.66. The molecule has 5 heteroatoms. The van der Waals surface area contributed by atoms with Crippen molar-refractivity contribution in [3.63, 3.8) is 0 Å². The molecule has 0 unspecified atom stereocenters. The molecule has 0 aromatic carbocycles. The summed E-state index contributed by atoms with van der Waals surface area (Å²) in [5.41, 5.74) is 2.18. The van der Waals surface area contributed by atoms with Gasteiger partial charge in [0.05, 0.1) is 6.20 Å². The smallest absolute Gasteiger partial charge is 0.353 e. The van der Waals surface area contributed by atoms with E-state index in [1.165, 1.54) is 6.20 Å². The van der Waals surface area contributed by atoms with Crippen LogP contribution in [0.25, 0.3) is 11.4 Å². The maximum Gasteiger partial charge on any atom is 0.353 e. The monoisotopic (exact) mass is 208 g/mol. The molecule has 72 valence electrons. The molecule has 0 atom stereocenters. The van der Waals surface area contributed by atoms with Gasteiger partial charge in [-0.25, -0.2) is 9.78 Å². The number of carboxylic acids is 1. The number of aromatic carboxylic acids is 1. The van der Waals surface area contributed by atoms with E-state index in [0.717, 1.165) is 11.1 Å². The van der Waals surface area contributed by atoms with E-state index >= 15 is 0 Å². The fourth-order valence-electron chi connectivity index (χ4n) is 1.17. The maximum absolute atomic E-state index is 10.6. The molecule has 0 bridgehead atoms. The summed E-state index contributed by atoms with van der Waals surface area (Å²) in [6.45, 7) is 1.97. The zero-order chi connectivity index (χ0) is 10.1. The molecular formula is C9H8N2O2S. The summed E-state index contributed by atoms with van der Waals surface area (Å²) in [4.78, 5) is 17.4. The summed E-state index contributed by atoms with van der Waals surface area (Å²) >= 11 is 1.57. The molecule has 0 spiro atoms. The highest BCUT2D eigenvalue weighted by molar-refractivity contribution is 7.08. The predicted molar refractivity (Wildman–Crippen MR) is 53.6 cm³/mol. The summed E-state index contributed by atoms with van der Waals surface area (Å²) in [6.07, 6.45) is 1.33. The van der Waals surface area contributed by atoms with E-state index in [1.807, 2.05) is 17.7 Å². The Kier molecular flexibility index (Phi) is 2.09. The van der Waals surface area contributed by atoms with Crippen molar-refractivity contribution in [3.05, 3.63) is 28.2 Å². The Morgan fingerprint density at radius 3 is 2.86 bits per heavy atom. The van der Waals surface area contributed by atoms with Crippen LogP contribution in [0.5, 0.6) is 0 Å². The lowest BCUT2D eigenvalue weighted by molar-refractivity contribution is 0.0691. The van der Waals surface area contributed by atoms with Crippen LogP contribution >= 0.6 is 11.3 Å². The van der Waals surface area contributed by atoms with Gasteiger partial charge in [0.2, 0.25) is 0 Å². The normalized spacial score (nSPS) is 10.4. The van der Waals surface area contributed by atoms with E-state index in [2.05, 4.69) is 9.97 Å². The standard InChI is InChI=1S/C9H8N2O2S/c1-5-3-14-4-6(5)8-10-2-7(11-8)9(12)13/h2-4H,1H3,(H,10,11)(H,12,13). The van der Waals surface area contributed by atoms with Gasteiger partial charge in [-0.2, -0.15) is 11.3 Å². The number of nitrogens with one attached hydrogen (secondary N) is 1. The molecule has 2 N–H and O–H groups in total. The number of aryl methyl sites for hydroxylation is 1. The lowest BCUT2D eigenvalue weighted by Crippen LogP contribution is -1.95. The minimum absolute atomic E-state index is 0.116. The van der Waals surface area contributed by atoms with Gasteiger partial charge >= 0.3 is 5.97 Å². The van der Waals surface area contributed by atoms with Crippen molar-refractivity contribution in [1.29, 1.82) is 0 Å². The van der Waals surface area contributed by atoms with E-state index < -0.39 is 5.97 Å². The number of imidazole rings is 1. The number of hydrogen-bond donors (Lipinski definition) is 2. The number of H-pyrrole nitrogens is 1. The van der Waals surface area contributed by atoms with Crippen LogP contribution in [0.3, 0.4) is 0 Å². The second-order valence-electron chi connectivity index (χ2n) is 2.92. The molecule has 2 heterocycles. The Hall–Kier alpha value is -1.62. The van der Waals surface area contributed by atoms with Crippen molar-refractivity contribution in [3.8, 4) is 11.4 Å². The lowest BCUT2D eigenvalue weighted by Gasteiger charge is -1.92. The molecule has 0 radical (unpaired) electrons. The molecule has 0 amide bonds. The molecule has 2 aromatic heterocycles. The largest absolute Gasteiger partial charge is 0.477 e. The summed E-state index contributed by atoms with van der Waals surface area (Å²) in [6, 6.07) is 0. The Morgan fingerprint density at radius 2 is 2.36 bits per heavy atom. The van der Waals surface area contributed by atoms with Gasteiger partial charge in [0.1, 0.15) is 11.5 Å². The van der Waals surface area contributed by atoms with Crippen LogP contribution in [0.4, 0.5) is 0 Å². The van der Waals surface area contributed by atoms with Gasteiger partial charge in [0.25, 0.3) is 0 Å². The van der Waals surface area contributed by atoms with Crippen LogP contribution in [0.15, 0.2) is 17.0 Å². The first-order valence-corrected chi connectivity index (χ1v) is 4.94. The molecular weight excluding hydrogens is 200 g/mol. The van der Waals surface area contributed by atoms with Crippen molar-refractivity contribution in [2.45, 2.75) is 6.92 Å². The Labute approximate surface area is 84.2 Å². The molecule has 0 aliphatic heterocycles. The first kappa shape index (κ1) is 8.96. The topological polar surface area (TPSA) is 66.0 Å². The van der Waals surface area contributed by atoms with Crippen LogP contribution in [-0.4, -0.2) is 21.0 Å². The number of carboxylic acid groups (broad SMARTS) is 1. The maximum atomic E-state index is 10.6. The Bertz CT molecular complexity index is 473. The summed E-state index contributed by atoms with van der Waals surface area (Å²) in [5.74, 6) is -0.377. The van der Waals surface area contributed by atoms with Crippen molar-refractivity contribution < 1.29 is 9.90 Å². The van der Waals surface area contributed by atoms with Gasteiger partial charge in [0.15, 0.2) is 0 Å². The average molecular weight is 208 g/mol. The van der Waals surface area contributed by atoms with E-state index in [0.29, 0.717) is 5.82 Å². The zero-order valence-corrected chi connectivity index (χ0v) is 8.26. The first-order chi connectivity index (χ1) is 6.68. The second kappa shape index (κ2) is 3.26. The van der Waals surface area contributed by atoms with Crippen molar-refractivity contribution >= 4 is 17.3 Å². The van der Waals surface area contributed by atoms with Crippen LogP contribution in [-0.2, 0) is 0 Å². The third-order valence-electron chi connectivity index (χ3n) is 1.92. The van der Waals surface area contributed by atoms with Crippen LogP contribution < -0.4 is 0 Å². The zero-order valence-electron chi connectivity index (χ0n) is 7.44.